The van der Waals surface area contributed by atoms with Gasteiger partial charge in [0.25, 0.3) is 0 Å². The van der Waals surface area contributed by atoms with Crippen LogP contribution >= 0.6 is 0 Å². The quantitative estimate of drug-likeness (QED) is 0.0823. The summed E-state index contributed by atoms with van der Waals surface area (Å²) < 4.78 is 0. The molecule has 0 unspecified atom stereocenters. The molecule has 6 N–H and O–H groups in total. The molecule has 264 valence electrons. The Kier molecular flexibility index (Phi) is 9.72. The highest BCUT2D eigenvalue weighted by molar-refractivity contribution is 5.84. The summed E-state index contributed by atoms with van der Waals surface area (Å²) in [5.74, 6) is -2.47. The van der Waals surface area contributed by atoms with E-state index in [-0.39, 0.29) is 32.3 Å². The van der Waals surface area contributed by atoms with Gasteiger partial charge in [-0.15, -0.1) is 0 Å². The van der Waals surface area contributed by atoms with Crippen LogP contribution in [0.2, 0.25) is 0 Å². The molecule has 54 heavy (non-hydrogen) atoms. The maximum Gasteiger partial charge on any atom is 0.167 e. The number of benzene rings is 6. The summed E-state index contributed by atoms with van der Waals surface area (Å²) in [6, 6.07) is 30.3. The van der Waals surface area contributed by atoms with Gasteiger partial charge in [-0.1, -0.05) is 36.4 Å². The number of rotatable bonds is 0. The van der Waals surface area contributed by atoms with E-state index in [4.69, 9.17) is 0 Å². The fraction of sp³-hybridized carbons (Fsp3) is 0. The third-order valence-corrected chi connectivity index (χ3v) is 8.34. The van der Waals surface area contributed by atoms with Crippen molar-refractivity contribution in [2.75, 3.05) is 0 Å². The number of para-hydroxylation sites is 6. The average molecular weight is 715 g/mol. The molecule has 0 saturated carbocycles. The van der Waals surface area contributed by atoms with Crippen LogP contribution in [-0.2, 0) is 0 Å². The highest BCUT2D eigenvalue weighted by atomic mass is 16.3. The molecule has 0 aliphatic rings. The number of phenolic OH excluding ortho intramolecular Hbond substituents is 6. The van der Waals surface area contributed by atoms with Gasteiger partial charge in [0.05, 0.1) is 33.1 Å². The van der Waals surface area contributed by atoms with E-state index in [1.165, 1.54) is 37.2 Å². The Balaban J connectivity index is 1.50. The topological polar surface area (TPSA) is 199 Å². The zero-order valence-electron chi connectivity index (χ0n) is 28.2. The highest BCUT2D eigenvalue weighted by Crippen LogP contribution is 2.35. The van der Waals surface area contributed by atoms with Crippen molar-refractivity contribution >= 4 is 65.4 Å². The van der Waals surface area contributed by atoms with E-state index in [9.17, 15) is 30.6 Å². The SMILES string of the molecule is Oc1c(O)c2ccc1cnc1ccccc1ncc1ccc(cnc3ccccc3ncc3ccc(cnc4ccccc4nc2)c(O)c3O)c(O)c1O. The van der Waals surface area contributed by atoms with Crippen LogP contribution in [0.4, 0.5) is 0 Å². The molecule has 6 aromatic heterocycles. The first-order valence-corrected chi connectivity index (χ1v) is 16.4. The summed E-state index contributed by atoms with van der Waals surface area (Å²) in [5.41, 5.74) is 2.60. The maximum atomic E-state index is 10.8. The molecule has 6 bridgehead atoms. The van der Waals surface area contributed by atoms with E-state index in [0.717, 1.165) is 0 Å². The Morgan fingerprint density at radius 2 is 0.370 bits per heavy atom. The second kappa shape index (κ2) is 15.2. The molecule has 0 amide bonds. The molecule has 0 spiro atoms. The van der Waals surface area contributed by atoms with Gasteiger partial charge in [0.2, 0.25) is 0 Å². The first kappa shape index (κ1) is 34.6. The predicted octanol–water partition coefficient (Wildman–Crippen LogP) is 8.27. The van der Waals surface area contributed by atoms with E-state index >= 15 is 0 Å². The molecule has 12 aromatic rings. The van der Waals surface area contributed by atoms with Crippen molar-refractivity contribution in [3.8, 4) is 34.5 Å². The van der Waals surface area contributed by atoms with Crippen molar-refractivity contribution in [3.63, 3.8) is 0 Å². The fourth-order valence-corrected chi connectivity index (χ4v) is 5.34. The van der Waals surface area contributed by atoms with Crippen LogP contribution in [0.3, 0.4) is 0 Å². The second-order valence-corrected chi connectivity index (χ2v) is 11.8. The van der Waals surface area contributed by atoms with Crippen molar-refractivity contribution < 1.29 is 30.6 Å². The van der Waals surface area contributed by atoms with Gasteiger partial charge in [0, 0.05) is 69.5 Å². The van der Waals surface area contributed by atoms with Crippen LogP contribution in [0.25, 0.3) is 65.4 Å². The standard InChI is InChI=1S/C42H30N6O6/c49-37-25-13-14-27(39(37)51)21-45-33-9-3-4-10-34(33)47-23-29-17-18-30(42(54)41(29)53)24-48-36-12-6-5-11-35(36)46-22-28-16-15-26(38(50)40(28)52)20-44-32-8-2-1-7-31(32)43-19-25/h1-24,49-54H. The average Bonchev–Trinajstić information content (AvgIpc) is 3.19. The molecule has 0 saturated heterocycles. The van der Waals surface area contributed by atoms with Crippen LogP contribution in [0.15, 0.2) is 146 Å². The molecule has 6 heterocycles. The van der Waals surface area contributed by atoms with Gasteiger partial charge in [-0.05, 0) is 72.8 Å². The van der Waals surface area contributed by atoms with Gasteiger partial charge in [0.1, 0.15) is 0 Å². The second-order valence-electron chi connectivity index (χ2n) is 11.8. The number of hydrogen-bond donors (Lipinski definition) is 6. The summed E-state index contributed by atoms with van der Waals surface area (Å²) in [7, 11) is 0. The normalized spacial score (nSPS) is 10.7. The lowest BCUT2D eigenvalue weighted by atomic mass is 10.2. The highest BCUT2D eigenvalue weighted by Gasteiger charge is 2.07. The van der Waals surface area contributed by atoms with Crippen molar-refractivity contribution in [2.24, 2.45) is 0 Å². The largest absolute Gasteiger partial charge is 0.504 e. The minimum absolute atomic E-state index is 0.232. The van der Waals surface area contributed by atoms with Gasteiger partial charge >= 0.3 is 0 Å². The van der Waals surface area contributed by atoms with Crippen LogP contribution < -0.4 is 0 Å². The lowest BCUT2D eigenvalue weighted by Gasteiger charge is -2.01. The Morgan fingerprint density at radius 1 is 0.222 bits per heavy atom. The number of hydrogen-bond acceptors (Lipinski definition) is 12. The van der Waals surface area contributed by atoms with Crippen molar-refractivity contribution in [1.29, 1.82) is 0 Å². The van der Waals surface area contributed by atoms with Gasteiger partial charge in [0.15, 0.2) is 34.5 Å². The summed E-state index contributed by atoms with van der Waals surface area (Å²) >= 11 is 0. The van der Waals surface area contributed by atoms with Crippen molar-refractivity contribution in [1.82, 2.24) is 29.9 Å². The monoisotopic (exact) mass is 714 g/mol. The predicted molar refractivity (Wildman–Crippen MR) is 208 cm³/mol. The molecule has 0 atom stereocenters. The number of aromatic nitrogens is 6. The first-order chi connectivity index (χ1) is 26.3. The molecular weight excluding hydrogens is 684 g/mol. The zero-order valence-corrected chi connectivity index (χ0v) is 28.2. The lowest BCUT2D eigenvalue weighted by Crippen LogP contribution is -1.80. The first-order valence-electron chi connectivity index (χ1n) is 16.4. The maximum absolute atomic E-state index is 10.8. The minimum Gasteiger partial charge on any atom is -0.504 e. The van der Waals surface area contributed by atoms with E-state index < -0.39 is 34.5 Å². The van der Waals surface area contributed by atoms with Gasteiger partial charge < -0.3 is 30.6 Å². The number of aromatic hydroxyl groups is 6. The molecule has 0 aliphatic carbocycles. The molecule has 0 aliphatic heterocycles. The van der Waals surface area contributed by atoms with Crippen LogP contribution in [0.5, 0.6) is 34.5 Å². The number of phenols is 6. The van der Waals surface area contributed by atoms with Crippen molar-refractivity contribution in [2.45, 2.75) is 0 Å². The number of nitrogens with zero attached hydrogens (tertiary/aromatic N) is 6. The molecule has 6 aromatic carbocycles. The molecule has 0 fully saturated rings. The summed E-state index contributed by atoms with van der Waals surface area (Å²) in [6.07, 6.45) is 8.30. The summed E-state index contributed by atoms with van der Waals surface area (Å²) in [5, 5.41) is 66.4. The van der Waals surface area contributed by atoms with Crippen molar-refractivity contribution in [3.05, 3.63) is 146 Å². The van der Waals surface area contributed by atoms with E-state index in [1.54, 1.807) is 109 Å². The molecule has 12 heteroatoms. The summed E-state index contributed by atoms with van der Waals surface area (Å²) in [4.78, 5) is 26.9. The zero-order chi connectivity index (χ0) is 37.6. The molecule has 12 nitrogen and oxygen atoms in total. The Hall–Kier alpha value is -7.86. The van der Waals surface area contributed by atoms with E-state index in [2.05, 4.69) is 29.9 Å². The van der Waals surface area contributed by atoms with Gasteiger partial charge in [-0.3, -0.25) is 29.9 Å². The van der Waals surface area contributed by atoms with Crippen LogP contribution in [0, 0.1) is 0 Å². The summed E-state index contributed by atoms with van der Waals surface area (Å²) in [6.45, 7) is 0. The van der Waals surface area contributed by atoms with Crippen LogP contribution in [0.1, 0.15) is 0 Å². The fourth-order valence-electron chi connectivity index (χ4n) is 5.34. The smallest absolute Gasteiger partial charge is 0.167 e. The van der Waals surface area contributed by atoms with E-state index in [0.29, 0.717) is 33.1 Å². The molecular formula is C42H30N6O6. The Bertz CT molecular complexity index is 2430. The Labute approximate surface area is 306 Å². The van der Waals surface area contributed by atoms with Gasteiger partial charge in [-0.25, -0.2) is 0 Å². The third kappa shape index (κ3) is 7.29. The van der Waals surface area contributed by atoms with E-state index in [1.807, 2.05) is 0 Å². The molecule has 0 radical (unpaired) electrons. The van der Waals surface area contributed by atoms with Crippen LogP contribution in [-0.4, -0.2) is 60.5 Å². The molecule has 12 rings (SSSR count). The van der Waals surface area contributed by atoms with Gasteiger partial charge in [-0.2, -0.15) is 0 Å². The third-order valence-electron chi connectivity index (χ3n) is 8.34. The lowest BCUT2D eigenvalue weighted by molar-refractivity contribution is 0.412. The Morgan fingerprint density at radius 3 is 0.519 bits per heavy atom. The minimum atomic E-state index is -0.411.